The highest BCUT2D eigenvalue weighted by molar-refractivity contribution is 7.99. The lowest BCUT2D eigenvalue weighted by atomic mass is 10.1. The normalized spacial score (nSPS) is 15.2. The van der Waals surface area contributed by atoms with Crippen LogP contribution in [0.1, 0.15) is 65.2 Å². The molecule has 1 unspecified atom stereocenters. The van der Waals surface area contributed by atoms with Gasteiger partial charge in [0.05, 0.1) is 7.11 Å². The largest absolute Gasteiger partial charge is 0.497 e. The van der Waals surface area contributed by atoms with E-state index in [1.165, 1.54) is 19.3 Å². The fourth-order valence-electron chi connectivity index (χ4n) is 5.25. The number of aromatic nitrogens is 3. The number of unbranched alkanes of at least 4 members (excludes halogenated alkanes) is 4. The van der Waals surface area contributed by atoms with E-state index in [0.717, 1.165) is 53.0 Å². The van der Waals surface area contributed by atoms with E-state index in [-0.39, 0.29) is 17.9 Å². The molecule has 1 aliphatic rings. The number of piperazine rings is 1. The molecular weight excluding hydrogens is 534 g/mol. The van der Waals surface area contributed by atoms with E-state index >= 15 is 0 Å². The number of carbonyl (C=O) groups is 2. The Hall–Kier alpha value is -3.33. The number of methoxy groups -OCH3 is 1. The number of thioether (sulfide) groups is 1. The van der Waals surface area contributed by atoms with Gasteiger partial charge in [0, 0.05) is 55.5 Å². The fraction of sp³-hybridized carbons (Fsp3) is 0.500. The summed E-state index contributed by atoms with van der Waals surface area (Å²) in [7, 11) is 1.65. The molecule has 0 spiro atoms. The van der Waals surface area contributed by atoms with Crippen LogP contribution in [-0.2, 0) is 9.59 Å². The molecule has 4 rings (SSSR count). The van der Waals surface area contributed by atoms with Crippen molar-refractivity contribution < 1.29 is 14.3 Å². The van der Waals surface area contributed by atoms with Gasteiger partial charge < -0.3 is 14.5 Å². The van der Waals surface area contributed by atoms with Crippen molar-refractivity contribution in [2.75, 3.05) is 32.5 Å². The van der Waals surface area contributed by atoms with E-state index in [1.54, 1.807) is 18.9 Å². The van der Waals surface area contributed by atoms with Crippen molar-refractivity contribution in [3.8, 4) is 22.8 Å². The van der Waals surface area contributed by atoms with Gasteiger partial charge in [-0.25, -0.2) is 0 Å². The Morgan fingerprint density at radius 3 is 2.46 bits per heavy atom. The molecule has 1 atom stereocenters. The van der Waals surface area contributed by atoms with Crippen molar-refractivity contribution in [2.24, 2.45) is 0 Å². The Kier molecular flexibility index (Phi) is 11.7. The van der Waals surface area contributed by atoms with Crippen molar-refractivity contribution in [3.63, 3.8) is 0 Å². The van der Waals surface area contributed by atoms with Crippen molar-refractivity contribution in [3.05, 3.63) is 54.6 Å². The quantitative estimate of drug-likeness (QED) is 0.167. The van der Waals surface area contributed by atoms with E-state index in [1.807, 2.05) is 64.4 Å². The third-order valence-corrected chi connectivity index (χ3v) is 8.55. The highest BCUT2D eigenvalue weighted by Gasteiger charge is 2.29. The van der Waals surface area contributed by atoms with Gasteiger partial charge in [0.2, 0.25) is 11.8 Å². The molecule has 0 N–H and O–H groups in total. The predicted molar refractivity (Wildman–Crippen MR) is 164 cm³/mol. The molecule has 220 valence electrons. The number of ether oxygens (including phenoxy) is 1. The van der Waals surface area contributed by atoms with Gasteiger partial charge in [0.1, 0.15) is 5.75 Å². The average Bonchev–Trinajstić information content (AvgIpc) is 3.43. The molecule has 1 aliphatic heterocycles. The van der Waals surface area contributed by atoms with Crippen molar-refractivity contribution >= 4 is 23.6 Å². The van der Waals surface area contributed by atoms with E-state index in [0.29, 0.717) is 32.5 Å². The van der Waals surface area contributed by atoms with Gasteiger partial charge in [0.25, 0.3) is 0 Å². The molecule has 1 fully saturated rings. The summed E-state index contributed by atoms with van der Waals surface area (Å²) in [6, 6.07) is 17.9. The molecule has 41 heavy (non-hydrogen) atoms. The zero-order valence-corrected chi connectivity index (χ0v) is 25.4. The van der Waals surface area contributed by atoms with Gasteiger partial charge >= 0.3 is 0 Å². The number of benzene rings is 2. The smallest absolute Gasteiger partial charge is 0.222 e. The maximum absolute atomic E-state index is 13.0. The minimum absolute atomic E-state index is 0.0599. The summed E-state index contributed by atoms with van der Waals surface area (Å²) >= 11 is 1.61. The summed E-state index contributed by atoms with van der Waals surface area (Å²) in [6.45, 7) is 6.11. The molecule has 0 radical (unpaired) electrons. The second kappa shape index (κ2) is 15.6. The Morgan fingerprint density at radius 1 is 0.927 bits per heavy atom. The Morgan fingerprint density at radius 2 is 1.71 bits per heavy atom. The van der Waals surface area contributed by atoms with Crippen molar-refractivity contribution in [2.45, 2.75) is 76.4 Å². The molecule has 1 aromatic heterocycles. The van der Waals surface area contributed by atoms with Crippen LogP contribution in [0.2, 0.25) is 0 Å². The molecule has 0 saturated carbocycles. The van der Waals surface area contributed by atoms with Crippen LogP contribution in [0.15, 0.2) is 59.8 Å². The lowest BCUT2D eigenvalue weighted by Gasteiger charge is -2.40. The fourth-order valence-corrected chi connectivity index (χ4v) is 6.14. The highest BCUT2D eigenvalue weighted by Crippen LogP contribution is 2.30. The van der Waals surface area contributed by atoms with Gasteiger partial charge in [0.15, 0.2) is 11.0 Å². The number of amides is 2. The number of hydrogen-bond acceptors (Lipinski definition) is 6. The van der Waals surface area contributed by atoms with E-state index in [4.69, 9.17) is 4.74 Å². The summed E-state index contributed by atoms with van der Waals surface area (Å²) in [4.78, 5) is 29.6. The Labute approximate surface area is 248 Å². The molecule has 0 aliphatic carbocycles. The summed E-state index contributed by atoms with van der Waals surface area (Å²) < 4.78 is 7.47. The summed E-state index contributed by atoms with van der Waals surface area (Å²) in [5.74, 6) is 2.65. The second-order valence-corrected chi connectivity index (χ2v) is 11.7. The standard InChI is InChI=1S/C32H43N5O3S/c1-4-5-6-7-11-18-30(39)36-21-20-35(24-25(36)2)29(38)19-13-22-41-32-34-33-31(26-14-12-17-28(23-26)40-3)37(32)27-15-9-8-10-16-27/h8-10,12,14-17,23,25H,4-7,11,13,18-22,24H2,1-3H3. The lowest BCUT2D eigenvalue weighted by Crippen LogP contribution is -2.55. The number of carbonyl (C=O) groups excluding carboxylic acids is 2. The molecule has 2 amide bonds. The summed E-state index contributed by atoms with van der Waals surface area (Å²) in [5.41, 5.74) is 1.90. The molecule has 2 heterocycles. The maximum Gasteiger partial charge on any atom is 0.222 e. The highest BCUT2D eigenvalue weighted by atomic mass is 32.2. The van der Waals surface area contributed by atoms with E-state index in [2.05, 4.69) is 28.6 Å². The molecule has 9 heteroatoms. The third-order valence-electron chi connectivity index (χ3n) is 7.54. The number of rotatable bonds is 14. The second-order valence-electron chi connectivity index (χ2n) is 10.6. The minimum Gasteiger partial charge on any atom is -0.497 e. The topological polar surface area (TPSA) is 80.6 Å². The molecule has 0 bridgehead atoms. The Balaban J connectivity index is 1.29. The molecule has 8 nitrogen and oxygen atoms in total. The third kappa shape index (κ3) is 8.35. The Bertz CT molecular complexity index is 1270. The average molecular weight is 578 g/mol. The maximum atomic E-state index is 13.0. The SMILES string of the molecule is CCCCCCCC(=O)N1CCN(C(=O)CCCSc2nnc(-c3cccc(OC)c3)n2-c2ccccc2)CC1C. The van der Waals surface area contributed by atoms with Crippen LogP contribution in [0.3, 0.4) is 0 Å². The van der Waals surface area contributed by atoms with Crippen LogP contribution in [0, 0.1) is 0 Å². The van der Waals surface area contributed by atoms with Crippen LogP contribution < -0.4 is 4.74 Å². The zero-order chi connectivity index (χ0) is 29.0. The predicted octanol–water partition coefficient (Wildman–Crippen LogP) is 6.24. The van der Waals surface area contributed by atoms with Gasteiger partial charge in [-0.1, -0.05) is 74.7 Å². The van der Waals surface area contributed by atoms with Crippen LogP contribution in [0.5, 0.6) is 5.75 Å². The van der Waals surface area contributed by atoms with Crippen molar-refractivity contribution in [1.29, 1.82) is 0 Å². The molecular formula is C32H43N5O3S. The van der Waals surface area contributed by atoms with Crippen LogP contribution >= 0.6 is 11.8 Å². The summed E-state index contributed by atoms with van der Waals surface area (Å²) in [5, 5.41) is 9.81. The van der Waals surface area contributed by atoms with Gasteiger partial charge in [-0.2, -0.15) is 0 Å². The van der Waals surface area contributed by atoms with Crippen molar-refractivity contribution in [1.82, 2.24) is 24.6 Å². The first kappa shape index (κ1) is 30.6. The van der Waals surface area contributed by atoms with E-state index < -0.39 is 0 Å². The first-order valence-corrected chi connectivity index (χ1v) is 15.9. The zero-order valence-electron chi connectivity index (χ0n) is 24.6. The monoisotopic (exact) mass is 577 g/mol. The molecule has 3 aromatic rings. The first-order chi connectivity index (χ1) is 20.0. The van der Waals surface area contributed by atoms with Crippen LogP contribution in [0.25, 0.3) is 17.1 Å². The first-order valence-electron chi connectivity index (χ1n) is 14.9. The van der Waals surface area contributed by atoms with Gasteiger partial charge in [-0.15, -0.1) is 10.2 Å². The van der Waals surface area contributed by atoms with Gasteiger partial charge in [-0.3, -0.25) is 14.2 Å². The van der Waals surface area contributed by atoms with Crippen LogP contribution in [0.4, 0.5) is 0 Å². The minimum atomic E-state index is 0.0599. The summed E-state index contributed by atoms with van der Waals surface area (Å²) in [6.07, 6.45) is 7.57. The lowest BCUT2D eigenvalue weighted by molar-refractivity contribution is -0.142. The molecule has 2 aromatic carbocycles. The van der Waals surface area contributed by atoms with E-state index in [9.17, 15) is 9.59 Å². The van der Waals surface area contributed by atoms with Gasteiger partial charge in [-0.05, 0) is 44.0 Å². The number of para-hydroxylation sites is 1. The molecule has 1 saturated heterocycles. The van der Waals surface area contributed by atoms with Crippen LogP contribution in [-0.4, -0.2) is 74.9 Å². The number of nitrogens with zero attached hydrogens (tertiary/aromatic N) is 5. The number of hydrogen-bond donors (Lipinski definition) is 0.